The number of fused-ring (bicyclic) bond motifs is 9. The Morgan fingerprint density at radius 2 is 0.578 bits per heavy atom. The number of hydrogen-bond acceptors (Lipinski definition) is 8. The number of rotatable bonds is 5. The molecule has 3 aromatic carbocycles. The van der Waals surface area contributed by atoms with Gasteiger partial charge in [-0.05, 0) is 38.5 Å². The smallest absolute Gasteiger partial charge is 0.237 e. The highest BCUT2D eigenvalue weighted by Crippen LogP contribution is 2.49. The summed E-state index contributed by atoms with van der Waals surface area (Å²) in [4.78, 5) is 0. The second-order valence-electron chi connectivity index (χ2n) is 16.5. The van der Waals surface area contributed by atoms with Crippen molar-refractivity contribution in [3.8, 4) is 0 Å². The molecule has 5 aliphatic heterocycles. The van der Waals surface area contributed by atoms with E-state index in [2.05, 4.69) is 21.3 Å². The maximum atomic E-state index is 16.0. The van der Waals surface area contributed by atoms with E-state index < -0.39 is 237 Å². The van der Waals surface area contributed by atoms with Crippen molar-refractivity contribution < 1.29 is 82.7 Å². The molecule has 64 heavy (non-hydrogen) atoms. The zero-order valence-corrected chi connectivity index (χ0v) is 34.8. The average Bonchev–Trinajstić information content (AvgIpc) is 4.07. The number of halogens is 17. The van der Waals surface area contributed by atoms with E-state index in [1.165, 1.54) is 0 Å². The van der Waals surface area contributed by atoms with Gasteiger partial charge in [-0.1, -0.05) is 0 Å². The largest absolute Gasteiger partial charge is 0.310 e. The lowest BCUT2D eigenvalue weighted by Gasteiger charge is -2.36. The first-order valence-corrected chi connectivity index (χ1v) is 24.0. The highest BCUT2D eigenvalue weighted by Gasteiger charge is 2.58. The molecular formula is C37H29Cl2F15N4O4S2. The highest BCUT2D eigenvalue weighted by molar-refractivity contribution is 8.14. The summed E-state index contributed by atoms with van der Waals surface area (Å²) in [7, 11) is 1.69. The van der Waals surface area contributed by atoms with Crippen LogP contribution >= 0.6 is 21.4 Å². The summed E-state index contributed by atoms with van der Waals surface area (Å²) in [6.07, 6.45) is -3.70. The third-order valence-corrected chi connectivity index (χ3v) is 17.3. The van der Waals surface area contributed by atoms with Gasteiger partial charge in [0.05, 0.1) is 10.5 Å². The van der Waals surface area contributed by atoms with E-state index in [0.29, 0.717) is 0 Å². The molecule has 13 unspecified atom stereocenters. The van der Waals surface area contributed by atoms with Gasteiger partial charge < -0.3 is 21.3 Å². The van der Waals surface area contributed by atoms with E-state index in [4.69, 9.17) is 21.4 Å². The Bertz CT molecular complexity index is 2610. The van der Waals surface area contributed by atoms with Crippen LogP contribution in [0.2, 0.25) is 0 Å². The Balaban J connectivity index is 1.40. The Kier molecular flexibility index (Phi) is 12.3. The molecule has 0 saturated carbocycles. The summed E-state index contributed by atoms with van der Waals surface area (Å²) in [5.74, 6) is -43.7. The Labute approximate surface area is 361 Å². The fraction of sp³-hybridized carbons (Fsp3) is 0.514. The standard InChI is InChI=1S/C37H29Cl2F15N4O4S2/c38-63(59,60)13-5-11-16(19-23(42)29(48)34(53)30(49)24(19)43)9-2-1-7(55-9)15(18-21(40)27(46)33(52)28(47)22(18)41)8-3-4-10(56-8)17(20-25(44)31(50)35(54)32(51)26(20)45)37-14(64(39,61)62)6-12(58-37)36(13)57-11/h7-17,36-37,55-58H,1-6H2. The van der Waals surface area contributed by atoms with Gasteiger partial charge >= 0.3 is 0 Å². The molecule has 0 amide bonds. The molecule has 0 radical (unpaired) electrons. The number of benzene rings is 3. The molecule has 3 aromatic rings. The summed E-state index contributed by atoms with van der Waals surface area (Å²) in [5.41, 5.74) is -4.73. The monoisotopic (exact) mass is 1010 g/mol. The van der Waals surface area contributed by atoms with Crippen LogP contribution in [0.5, 0.6) is 0 Å². The van der Waals surface area contributed by atoms with Gasteiger partial charge in [-0.2, -0.15) is 0 Å². The van der Waals surface area contributed by atoms with Gasteiger partial charge in [-0.3, -0.25) is 0 Å². The van der Waals surface area contributed by atoms with Crippen molar-refractivity contribution >= 4 is 39.5 Å². The van der Waals surface area contributed by atoms with Crippen LogP contribution in [0.25, 0.3) is 0 Å². The topological polar surface area (TPSA) is 116 Å². The third kappa shape index (κ3) is 7.45. The van der Waals surface area contributed by atoms with Crippen LogP contribution in [-0.4, -0.2) is 75.7 Å². The van der Waals surface area contributed by atoms with Crippen LogP contribution in [0.1, 0.15) is 73.0 Å². The summed E-state index contributed by atoms with van der Waals surface area (Å²) in [6, 6.07) is -13.9. The van der Waals surface area contributed by atoms with Gasteiger partial charge in [0.2, 0.25) is 35.6 Å². The molecule has 27 heteroatoms. The van der Waals surface area contributed by atoms with Gasteiger partial charge in [0.25, 0.3) is 0 Å². The van der Waals surface area contributed by atoms with Crippen molar-refractivity contribution in [2.75, 3.05) is 0 Å². The molecule has 0 aliphatic carbocycles. The lowest BCUT2D eigenvalue weighted by molar-refractivity contribution is 0.293. The predicted molar refractivity (Wildman–Crippen MR) is 195 cm³/mol. The van der Waals surface area contributed by atoms with Crippen LogP contribution in [0.4, 0.5) is 65.9 Å². The second-order valence-corrected chi connectivity index (χ2v) is 22.2. The van der Waals surface area contributed by atoms with Crippen LogP contribution in [0, 0.1) is 87.3 Å². The third-order valence-electron chi connectivity index (χ3n) is 13.5. The molecular weight excluding hydrogens is 984 g/mol. The quantitative estimate of drug-likeness (QED) is 0.0935. The van der Waals surface area contributed by atoms with Gasteiger partial charge in [0, 0.05) is 104 Å². The first kappa shape index (κ1) is 47.4. The molecule has 4 N–H and O–H groups in total. The van der Waals surface area contributed by atoms with E-state index in [1.807, 2.05) is 0 Å². The second kappa shape index (κ2) is 16.6. The summed E-state index contributed by atoms with van der Waals surface area (Å²) < 4.78 is 282. The average molecular weight is 1010 g/mol. The minimum absolute atomic E-state index is 0.457. The molecule has 0 aromatic heterocycles. The molecule has 13 atom stereocenters. The van der Waals surface area contributed by atoms with Crippen molar-refractivity contribution in [1.82, 2.24) is 21.3 Å². The maximum absolute atomic E-state index is 16.0. The molecule has 8 nitrogen and oxygen atoms in total. The minimum Gasteiger partial charge on any atom is -0.310 e. The molecule has 8 bridgehead atoms. The molecule has 5 fully saturated rings. The van der Waals surface area contributed by atoms with E-state index in [9.17, 15) is 47.6 Å². The normalized spacial score (nSPS) is 33.2. The summed E-state index contributed by atoms with van der Waals surface area (Å²) >= 11 is 0. The molecule has 5 aliphatic rings. The van der Waals surface area contributed by atoms with Crippen molar-refractivity contribution in [3.63, 3.8) is 0 Å². The fourth-order valence-electron chi connectivity index (χ4n) is 10.9. The van der Waals surface area contributed by atoms with Crippen molar-refractivity contribution in [3.05, 3.63) is 104 Å². The van der Waals surface area contributed by atoms with Gasteiger partial charge in [0.1, 0.15) is 0 Å². The zero-order chi connectivity index (χ0) is 47.0. The zero-order valence-electron chi connectivity index (χ0n) is 31.6. The molecule has 352 valence electrons. The Hall–Kier alpha value is -3.07. The van der Waals surface area contributed by atoms with E-state index in [-0.39, 0.29) is 0 Å². The maximum Gasteiger partial charge on any atom is 0.237 e. The first-order valence-electron chi connectivity index (χ1n) is 19.2. The van der Waals surface area contributed by atoms with E-state index in [0.717, 1.165) is 0 Å². The number of hydrogen-bond donors (Lipinski definition) is 4. The Morgan fingerprint density at radius 3 is 0.922 bits per heavy atom. The van der Waals surface area contributed by atoms with Crippen LogP contribution < -0.4 is 21.3 Å². The van der Waals surface area contributed by atoms with Gasteiger partial charge in [0.15, 0.2) is 69.8 Å². The molecule has 5 saturated heterocycles. The van der Waals surface area contributed by atoms with Crippen LogP contribution in [0.15, 0.2) is 0 Å². The Morgan fingerprint density at radius 1 is 0.328 bits per heavy atom. The van der Waals surface area contributed by atoms with E-state index in [1.54, 1.807) is 0 Å². The summed E-state index contributed by atoms with van der Waals surface area (Å²) in [6.45, 7) is 0. The molecule has 0 spiro atoms. The van der Waals surface area contributed by atoms with Crippen LogP contribution in [0.3, 0.4) is 0 Å². The van der Waals surface area contributed by atoms with E-state index >= 15 is 35.1 Å². The highest BCUT2D eigenvalue weighted by atomic mass is 35.7. The minimum atomic E-state index is -5.08. The summed E-state index contributed by atoms with van der Waals surface area (Å²) in [5, 5.41) is 6.69. The predicted octanol–water partition coefficient (Wildman–Crippen LogP) is 7.01. The van der Waals surface area contributed by atoms with Gasteiger partial charge in [-0.15, -0.1) is 0 Å². The fourth-order valence-corrected chi connectivity index (χ4v) is 14.1. The molecule has 5 heterocycles. The van der Waals surface area contributed by atoms with Crippen molar-refractivity contribution in [1.29, 1.82) is 0 Å². The number of nitrogens with one attached hydrogen (secondary N) is 4. The van der Waals surface area contributed by atoms with Crippen LogP contribution in [-0.2, 0) is 18.1 Å². The first-order chi connectivity index (χ1) is 29.8. The lowest BCUT2D eigenvalue weighted by Crippen LogP contribution is -2.54. The SMILES string of the molecule is O=S(=O)(Cl)C1CC2NC1C1CC(S(=O)(=O)Cl)C(N1)C(c1c(F)c(F)c(F)c(F)c1F)C1CCC(N1)C(c1c(F)c(F)c(F)c(F)c1F)C1CCC(N1)C2c1c(F)c(F)c(F)c(F)c1F. The molecule has 8 rings (SSSR count). The van der Waals surface area contributed by atoms with Crippen molar-refractivity contribution in [2.45, 2.75) is 115 Å². The van der Waals surface area contributed by atoms with Crippen molar-refractivity contribution in [2.24, 2.45) is 0 Å². The lowest BCUT2D eigenvalue weighted by atomic mass is 9.82. The van der Waals surface area contributed by atoms with Gasteiger partial charge in [-0.25, -0.2) is 82.7 Å².